The molecule has 5 heteroatoms. The monoisotopic (exact) mass is 218 g/mol. The van der Waals surface area contributed by atoms with E-state index in [-0.39, 0.29) is 6.23 Å². The molecule has 2 saturated heterocycles. The van der Waals surface area contributed by atoms with E-state index in [9.17, 15) is 4.21 Å². The molecule has 1 unspecified atom stereocenters. The average molecular weight is 218 g/mol. The maximum atomic E-state index is 11.2. The van der Waals surface area contributed by atoms with Crippen molar-refractivity contribution in [1.29, 1.82) is 0 Å². The van der Waals surface area contributed by atoms with Crippen LogP contribution in [-0.2, 0) is 15.5 Å². The third-order valence-electron chi connectivity index (χ3n) is 3.00. The summed E-state index contributed by atoms with van der Waals surface area (Å²) in [5.41, 5.74) is 5.74. The molecule has 2 fully saturated rings. The van der Waals surface area contributed by atoms with Crippen LogP contribution in [0.4, 0.5) is 0 Å². The standard InChI is InChI=1S/C9H18N2O2S/c10-9-7-11(3-4-13-9)8-1-5-14(12)6-2-8/h8-9H,1-7,10H2. The fourth-order valence-corrected chi connectivity index (χ4v) is 3.45. The summed E-state index contributed by atoms with van der Waals surface area (Å²) in [5, 5.41) is 0. The van der Waals surface area contributed by atoms with Crippen molar-refractivity contribution in [2.24, 2.45) is 5.73 Å². The fourth-order valence-electron chi connectivity index (χ4n) is 2.17. The van der Waals surface area contributed by atoms with Crippen molar-refractivity contribution < 1.29 is 8.95 Å². The highest BCUT2D eigenvalue weighted by Crippen LogP contribution is 2.17. The summed E-state index contributed by atoms with van der Waals surface area (Å²) in [7, 11) is -0.563. The van der Waals surface area contributed by atoms with Crippen LogP contribution in [0.1, 0.15) is 12.8 Å². The minimum Gasteiger partial charge on any atom is -0.361 e. The van der Waals surface area contributed by atoms with Gasteiger partial charge in [-0.25, -0.2) is 0 Å². The number of hydrogen-bond donors (Lipinski definition) is 1. The fraction of sp³-hybridized carbons (Fsp3) is 1.00. The Kier molecular flexibility index (Phi) is 3.54. The third kappa shape index (κ3) is 2.53. The third-order valence-corrected chi connectivity index (χ3v) is 4.38. The van der Waals surface area contributed by atoms with Crippen molar-refractivity contribution in [2.45, 2.75) is 25.1 Å². The Bertz CT molecular complexity index is 215. The zero-order valence-corrected chi connectivity index (χ0v) is 9.17. The minimum atomic E-state index is -0.563. The van der Waals surface area contributed by atoms with Gasteiger partial charge in [-0.3, -0.25) is 9.11 Å². The lowest BCUT2D eigenvalue weighted by atomic mass is 10.1. The molecule has 0 aliphatic carbocycles. The van der Waals surface area contributed by atoms with Gasteiger partial charge in [0, 0.05) is 41.4 Å². The van der Waals surface area contributed by atoms with Gasteiger partial charge < -0.3 is 10.5 Å². The highest BCUT2D eigenvalue weighted by Gasteiger charge is 2.27. The first kappa shape index (κ1) is 10.5. The number of nitrogens with zero attached hydrogens (tertiary/aromatic N) is 1. The summed E-state index contributed by atoms with van der Waals surface area (Å²) in [6.07, 6.45) is 1.98. The highest BCUT2D eigenvalue weighted by molar-refractivity contribution is 7.85. The molecule has 0 amide bonds. The molecule has 0 aromatic carbocycles. The molecule has 2 heterocycles. The van der Waals surface area contributed by atoms with Crippen LogP contribution in [0.3, 0.4) is 0 Å². The van der Waals surface area contributed by atoms with Crippen molar-refractivity contribution in [3.8, 4) is 0 Å². The van der Waals surface area contributed by atoms with Crippen LogP contribution in [-0.4, -0.2) is 52.6 Å². The van der Waals surface area contributed by atoms with E-state index in [1.165, 1.54) is 0 Å². The molecule has 2 N–H and O–H groups in total. The summed E-state index contributed by atoms with van der Waals surface area (Å²) in [6.45, 7) is 2.54. The summed E-state index contributed by atoms with van der Waals surface area (Å²) < 4.78 is 16.5. The van der Waals surface area contributed by atoms with Crippen LogP contribution in [0.25, 0.3) is 0 Å². The summed E-state index contributed by atoms with van der Waals surface area (Å²) in [5.74, 6) is 1.72. The van der Waals surface area contributed by atoms with Gasteiger partial charge in [-0.05, 0) is 12.8 Å². The van der Waals surface area contributed by atoms with E-state index in [2.05, 4.69) is 4.90 Å². The molecule has 2 rings (SSSR count). The largest absolute Gasteiger partial charge is 0.361 e. The van der Waals surface area contributed by atoms with Crippen LogP contribution in [0.5, 0.6) is 0 Å². The van der Waals surface area contributed by atoms with Crippen LogP contribution < -0.4 is 5.73 Å². The Morgan fingerprint density at radius 1 is 1.36 bits per heavy atom. The first-order valence-corrected chi connectivity index (χ1v) is 6.71. The molecule has 0 aromatic rings. The van der Waals surface area contributed by atoms with Crippen molar-refractivity contribution in [3.05, 3.63) is 0 Å². The molecule has 14 heavy (non-hydrogen) atoms. The van der Waals surface area contributed by atoms with Gasteiger partial charge in [0.25, 0.3) is 0 Å². The Balaban J connectivity index is 1.85. The molecule has 2 aliphatic rings. The van der Waals surface area contributed by atoms with Gasteiger partial charge in [-0.1, -0.05) is 0 Å². The second-order valence-electron chi connectivity index (χ2n) is 3.98. The van der Waals surface area contributed by atoms with Gasteiger partial charge in [-0.15, -0.1) is 0 Å². The quantitative estimate of drug-likeness (QED) is 0.645. The molecule has 0 radical (unpaired) electrons. The topological polar surface area (TPSA) is 55.6 Å². The van der Waals surface area contributed by atoms with Gasteiger partial charge in [-0.2, -0.15) is 0 Å². The smallest absolute Gasteiger partial charge is 0.118 e. The van der Waals surface area contributed by atoms with E-state index in [4.69, 9.17) is 10.5 Å². The van der Waals surface area contributed by atoms with Crippen LogP contribution >= 0.6 is 0 Å². The van der Waals surface area contributed by atoms with Crippen molar-refractivity contribution in [3.63, 3.8) is 0 Å². The Morgan fingerprint density at radius 2 is 2.07 bits per heavy atom. The highest BCUT2D eigenvalue weighted by atomic mass is 32.2. The van der Waals surface area contributed by atoms with Crippen molar-refractivity contribution in [2.75, 3.05) is 31.2 Å². The number of nitrogens with two attached hydrogens (primary N) is 1. The summed E-state index contributed by atoms with van der Waals surface area (Å²) >= 11 is 0. The molecule has 2 aliphatic heterocycles. The zero-order valence-electron chi connectivity index (χ0n) is 8.35. The van der Waals surface area contributed by atoms with Crippen LogP contribution in [0.2, 0.25) is 0 Å². The lowest BCUT2D eigenvalue weighted by Gasteiger charge is -2.38. The molecular weight excluding hydrogens is 200 g/mol. The Hall–Kier alpha value is 0.0300. The van der Waals surface area contributed by atoms with E-state index in [0.29, 0.717) is 6.04 Å². The van der Waals surface area contributed by atoms with E-state index in [1.54, 1.807) is 0 Å². The SMILES string of the molecule is NC1CN(C2CCS(=O)CC2)CCO1. The van der Waals surface area contributed by atoms with E-state index >= 15 is 0 Å². The van der Waals surface area contributed by atoms with E-state index < -0.39 is 10.8 Å². The van der Waals surface area contributed by atoms with Gasteiger partial charge in [0.15, 0.2) is 0 Å². The second-order valence-corrected chi connectivity index (χ2v) is 5.68. The van der Waals surface area contributed by atoms with Gasteiger partial charge in [0.1, 0.15) is 6.23 Å². The van der Waals surface area contributed by atoms with E-state index in [0.717, 1.165) is 44.0 Å². The van der Waals surface area contributed by atoms with Gasteiger partial charge >= 0.3 is 0 Å². The maximum absolute atomic E-state index is 11.2. The van der Waals surface area contributed by atoms with Gasteiger partial charge in [0.2, 0.25) is 0 Å². The molecule has 4 nitrogen and oxygen atoms in total. The van der Waals surface area contributed by atoms with Crippen molar-refractivity contribution in [1.82, 2.24) is 4.90 Å². The summed E-state index contributed by atoms with van der Waals surface area (Å²) in [6, 6.07) is 0.586. The van der Waals surface area contributed by atoms with Gasteiger partial charge in [0.05, 0.1) is 6.61 Å². The zero-order chi connectivity index (χ0) is 9.97. The first-order chi connectivity index (χ1) is 6.75. The molecular formula is C9H18N2O2S. The maximum Gasteiger partial charge on any atom is 0.118 e. The molecule has 0 saturated carbocycles. The summed E-state index contributed by atoms with van der Waals surface area (Å²) in [4.78, 5) is 2.39. The predicted octanol–water partition coefficient (Wildman–Crippen LogP) is -0.486. The van der Waals surface area contributed by atoms with Crippen LogP contribution in [0.15, 0.2) is 0 Å². The van der Waals surface area contributed by atoms with Crippen molar-refractivity contribution >= 4 is 10.8 Å². The Morgan fingerprint density at radius 3 is 2.71 bits per heavy atom. The Labute approximate surface area is 87.2 Å². The number of morpholine rings is 1. The molecule has 82 valence electrons. The average Bonchev–Trinajstić information content (AvgIpc) is 2.19. The minimum absolute atomic E-state index is 0.129. The normalized spacial score (nSPS) is 41.1. The van der Waals surface area contributed by atoms with Crippen LogP contribution in [0, 0.1) is 0 Å². The lowest BCUT2D eigenvalue weighted by molar-refractivity contribution is -0.0410. The molecule has 1 atom stereocenters. The molecule has 0 spiro atoms. The molecule has 0 bridgehead atoms. The number of hydrogen-bond acceptors (Lipinski definition) is 4. The molecule has 0 aromatic heterocycles. The second kappa shape index (κ2) is 4.70. The number of rotatable bonds is 1. The first-order valence-electron chi connectivity index (χ1n) is 5.22. The lowest BCUT2D eigenvalue weighted by Crippen LogP contribution is -2.52. The number of ether oxygens (including phenoxy) is 1. The predicted molar refractivity (Wildman–Crippen MR) is 56.4 cm³/mol. The van der Waals surface area contributed by atoms with E-state index in [1.807, 2.05) is 0 Å².